The average molecular weight is 216 g/mol. The van der Waals surface area contributed by atoms with Crippen LogP contribution in [0.2, 0.25) is 0 Å². The van der Waals surface area contributed by atoms with Gasteiger partial charge >= 0.3 is 0 Å². The minimum absolute atomic E-state index is 0.0133. The first-order valence-corrected chi connectivity index (χ1v) is 4.62. The van der Waals surface area contributed by atoms with Gasteiger partial charge in [0.2, 0.25) is 0 Å². The number of carbonyl (C=O) groups excluding carboxylic acids is 1. The Kier molecular flexibility index (Phi) is 3.92. The lowest BCUT2D eigenvalue weighted by Gasteiger charge is -2.04. The number of nitrogens with two attached hydrogens (primary N) is 1. The van der Waals surface area contributed by atoms with Crippen molar-refractivity contribution in [2.24, 2.45) is 0 Å². The molecule has 82 valence electrons. The minimum atomic E-state index is -0.457. The van der Waals surface area contributed by atoms with E-state index in [-0.39, 0.29) is 5.57 Å². The van der Waals surface area contributed by atoms with Crippen LogP contribution in [0.4, 0.5) is 11.4 Å². The fourth-order valence-corrected chi connectivity index (χ4v) is 1.06. The maximum atomic E-state index is 11.5. The van der Waals surface area contributed by atoms with Gasteiger partial charge in [0.25, 0.3) is 5.91 Å². The third-order valence-corrected chi connectivity index (χ3v) is 1.82. The molecule has 0 heterocycles. The highest BCUT2D eigenvalue weighted by Crippen LogP contribution is 2.11. The molecule has 1 amide bonds. The minimum Gasteiger partial charge on any atom is -0.399 e. The summed E-state index contributed by atoms with van der Waals surface area (Å²) in [6.45, 7) is 0. The van der Waals surface area contributed by atoms with Crippen LogP contribution in [0.5, 0.6) is 0 Å². The van der Waals surface area contributed by atoms with Gasteiger partial charge in [0.1, 0.15) is 11.6 Å². The molecule has 1 aromatic carbocycles. The van der Waals surface area contributed by atoms with E-state index in [0.29, 0.717) is 11.4 Å². The second-order valence-corrected chi connectivity index (χ2v) is 3.03. The SMILES string of the molecule is CN/C=C(/C#N)C(=O)Nc1ccc(N)cc1. The van der Waals surface area contributed by atoms with Gasteiger partial charge < -0.3 is 16.4 Å². The van der Waals surface area contributed by atoms with Crippen molar-refractivity contribution in [3.8, 4) is 6.07 Å². The molecule has 4 N–H and O–H groups in total. The van der Waals surface area contributed by atoms with E-state index in [1.807, 2.05) is 0 Å². The molecule has 16 heavy (non-hydrogen) atoms. The Morgan fingerprint density at radius 1 is 1.44 bits per heavy atom. The molecular formula is C11H12N4O. The van der Waals surface area contributed by atoms with E-state index in [0.717, 1.165) is 0 Å². The van der Waals surface area contributed by atoms with Crippen molar-refractivity contribution in [2.45, 2.75) is 0 Å². The molecule has 1 rings (SSSR count). The largest absolute Gasteiger partial charge is 0.399 e. The van der Waals surface area contributed by atoms with E-state index < -0.39 is 5.91 Å². The summed E-state index contributed by atoms with van der Waals surface area (Å²) in [5, 5.41) is 13.9. The predicted octanol–water partition coefficient (Wildman–Crippen LogP) is 0.834. The number of amides is 1. The Morgan fingerprint density at radius 3 is 2.56 bits per heavy atom. The first kappa shape index (κ1) is 11.6. The summed E-state index contributed by atoms with van der Waals surface area (Å²) in [5.41, 5.74) is 6.73. The third kappa shape index (κ3) is 3.03. The summed E-state index contributed by atoms with van der Waals surface area (Å²) in [4.78, 5) is 11.5. The van der Waals surface area contributed by atoms with E-state index in [2.05, 4.69) is 10.6 Å². The molecule has 0 bridgehead atoms. The highest BCUT2D eigenvalue weighted by Gasteiger charge is 2.08. The van der Waals surface area contributed by atoms with E-state index in [1.54, 1.807) is 37.4 Å². The number of nitriles is 1. The summed E-state index contributed by atoms with van der Waals surface area (Å²) in [7, 11) is 1.62. The number of benzene rings is 1. The fourth-order valence-electron chi connectivity index (χ4n) is 1.06. The number of carbonyl (C=O) groups is 1. The molecule has 0 atom stereocenters. The number of anilines is 2. The zero-order valence-electron chi connectivity index (χ0n) is 8.82. The summed E-state index contributed by atoms with van der Waals surface area (Å²) in [6.07, 6.45) is 1.34. The first-order chi connectivity index (χ1) is 7.67. The molecule has 0 saturated carbocycles. The van der Waals surface area contributed by atoms with Crippen LogP contribution in [0, 0.1) is 11.3 Å². The van der Waals surface area contributed by atoms with Gasteiger partial charge in [0.05, 0.1) is 0 Å². The zero-order valence-corrected chi connectivity index (χ0v) is 8.82. The van der Waals surface area contributed by atoms with Crippen LogP contribution in [0.1, 0.15) is 0 Å². The Bertz CT molecular complexity index is 442. The van der Waals surface area contributed by atoms with Crippen molar-refractivity contribution >= 4 is 17.3 Å². The summed E-state index contributed by atoms with van der Waals surface area (Å²) >= 11 is 0. The van der Waals surface area contributed by atoms with Gasteiger partial charge in [0.15, 0.2) is 0 Å². The van der Waals surface area contributed by atoms with Crippen molar-refractivity contribution < 1.29 is 4.79 Å². The van der Waals surface area contributed by atoms with Crippen molar-refractivity contribution in [1.29, 1.82) is 5.26 Å². The monoisotopic (exact) mass is 216 g/mol. The lowest BCUT2D eigenvalue weighted by molar-refractivity contribution is -0.112. The standard InChI is InChI=1S/C11H12N4O/c1-14-7-8(6-12)11(16)15-10-4-2-9(13)3-5-10/h2-5,7,14H,13H2,1H3,(H,15,16)/b8-7-. The highest BCUT2D eigenvalue weighted by atomic mass is 16.1. The van der Waals surface area contributed by atoms with Gasteiger partial charge in [-0.15, -0.1) is 0 Å². The van der Waals surface area contributed by atoms with E-state index in [9.17, 15) is 4.79 Å². The quantitative estimate of drug-likeness (QED) is 0.396. The van der Waals surface area contributed by atoms with Crippen LogP contribution in [-0.2, 0) is 4.79 Å². The van der Waals surface area contributed by atoms with Crippen LogP contribution in [0.25, 0.3) is 0 Å². The second kappa shape index (κ2) is 5.41. The van der Waals surface area contributed by atoms with Crippen LogP contribution in [0.15, 0.2) is 36.0 Å². The topological polar surface area (TPSA) is 90.9 Å². The molecule has 5 heteroatoms. The van der Waals surface area contributed by atoms with Crippen molar-refractivity contribution in [2.75, 3.05) is 18.1 Å². The molecule has 0 aliphatic rings. The Hall–Kier alpha value is -2.48. The average Bonchev–Trinajstić information content (AvgIpc) is 2.29. The number of nitrogens with zero attached hydrogens (tertiary/aromatic N) is 1. The van der Waals surface area contributed by atoms with Crippen molar-refractivity contribution in [3.05, 3.63) is 36.0 Å². The summed E-state index contributed by atoms with van der Waals surface area (Å²) in [6, 6.07) is 8.47. The van der Waals surface area contributed by atoms with Gasteiger partial charge in [0, 0.05) is 24.6 Å². The predicted molar refractivity (Wildman–Crippen MR) is 62.2 cm³/mol. The maximum Gasteiger partial charge on any atom is 0.267 e. The molecular weight excluding hydrogens is 204 g/mol. The number of hydrogen-bond acceptors (Lipinski definition) is 4. The molecule has 0 fully saturated rings. The Labute approximate surface area is 93.6 Å². The highest BCUT2D eigenvalue weighted by molar-refractivity contribution is 6.06. The number of hydrogen-bond donors (Lipinski definition) is 3. The van der Waals surface area contributed by atoms with Crippen molar-refractivity contribution in [3.63, 3.8) is 0 Å². The van der Waals surface area contributed by atoms with Crippen LogP contribution < -0.4 is 16.4 Å². The Morgan fingerprint density at radius 2 is 2.06 bits per heavy atom. The second-order valence-electron chi connectivity index (χ2n) is 3.03. The summed E-state index contributed by atoms with van der Waals surface area (Å²) < 4.78 is 0. The molecule has 0 saturated heterocycles. The molecule has 5 nitrogen and oxygen atoms in total. The number of nitrogens with one attached hydrogen (secondary N) is 2. The molecule has 0 radical (unpaired) electrons. The van der Waals surface area contributed by atoms with Gasteiger partial charge in [-0.25, -0.2) is 0 Å². The van der Waals surface area contributed by atoms with Crippen LogP contribution in [-0.4, -0.2) is 13.0 Å². The van der Waals surface area contributed by atoms with E-state index >= 15 is 0 Å². The Balaban J connectivity index is 2.75. The molecule has 0 aliphatic heterocycles. The molecule has 0 aromatic heterocycles. The lowest BCUT2D eigenvalue weighted by Crippen LogP contribution is -2.15. The summed E-state index contributed by atoms with van der Waals surface area (Å²) in [5.74, 6) is -0.457. The van der Waals surface area contributed by atoms with Gasteiger partial charge in [-0.05, 0) is 24.3 Å². The van der Waals surface area contributed by atoms with Crippen LogP contribution in [0.3, 0.4) is 0 Å². The normalized spacial score (nSPS) is 10.4. The van der Waals surface area contributed by atoms with Gasteiger partial charge in [-0.1, -0.05) is 0 Å². The first-order valence-electron chi connectivity index (χ1n) is 4.62. The maximum absolute atomic E-state index is 11.5. The van der Waals surface area contributed by atoms with E-state index in [4.69, 9.17) is 11.0 Å². The third-order valence-electron chi connectivity index (χ3n) is 1.82. The van der Waals surface area contributed by atoms with Crippen molar-refractivity contribution in [1.82, 2.24) is 5.32 Å². The van der Waals surface area contributed by atoms with Crippen LogP contribution >= 0.6 is 0 Å². The van der Waals surface area contributed by atoms with Gasteiger partial charge in [-0.3, -0.25) is 4.79 Å². The molecule has 1 aromatic rings. The number of rotatable bonds is 3. The molecule has 0 unspecified atom stereocenters. The zero-order chi connectivity index (χ0) is 12.0. The smallest absolute Gasteiger partial charge is 0.267 e. The molecule has 0 spiro atoms. The lowest BCUT2D eigenvalue weighted by atomic mass is 10.2. The fraction of sp³-hybridized carbons (Fsp3) is 0.0909. The number of nitrogen functional groups attached to an aromatic ring is 1. The van der Waals surface area contributed by atoms with E-state index in [1.165, 1.54) is 6.20 Å². The molecule has 0 aliphatic carbocycles. The van der Waals surface area contributed by atoms with Gasteiger partial charge in [-0.2, -0.15) is 5.26 Å².